The Hall–Kier alpha value is -0.320. The zero-order chi connectivity index (χ0) is 10.0. The molecule has 70 valence electrons. The Morgan fingerprint density at radius 2 is 2.31 bits per heavy atom. The Bertz CT molecular complexity index is 345. The summed E-state index contributed by atoms with van der Waals surface area (Å²) >= 11 is 14.4. The van der Waals surface area contributed by atoms with Gasteiger partial charge in [-0.15, -0.1) is 11.6 Å². The molecule has 1 rings (SSSR count). The molecular formula is C7H4BrCl2NO2. The SMILES string of the molecule is O=C(O)C(Cl)c1cc(Br)cnc1Cl. The van der Waals surface area contributed by atoms with E-state index in [-0.39, 0.29) is 10.7 Å². The van der Waals surface area contributed by atoms with Crippen molar-refractivity contribution in [2.75, 3.05) is 0 Å². The van der Waals surface area contributed by atoms with E-state index in [1.165, 1.54) is 12.3 Å². The van der Waals surface area contributed by atoms with Crippen LogP contribution in [0.25, 0.3) is 0 Å². The second-order valence-electron chi connectivity index (χ2n) is 2.23. The molecule has 0 bridgehead atoms. The van der Waals surface area contributed by atoms with Gasteiger partial charge in [-0.2, -0.15) is 0 Å². The molecule has 0 spiro atoms. The molecule has 6 heteroatoms. The molecule has 0 fully saturated rings. The number of hydrogen-bond donors (Lipinski definition) is 1. The van der Waals surface area contributed by atoms with Crippen LogP contribution in [0.5, 0.6) is 0 Å². The zero-order valence-corrected chi connectivity index (χ0v) is 9.27. The first-order chi connectivity index (χ1) is 6.02. The minimum absolute atomic E-state index is 0.102. The highest BCUT2D eigenvalue weighted by atomic mass is 79.9. The van der Waals surface area contributed by atoms with Crippen molar-refractivity contribution in [3.05, 3.63) is 27.5 Å². The third-order valence-corrected chi connectivity index (χ3v) is 2.49. The standard InChI is InChI=1S/C7H4BrCl2NO2/c8-3-1-4(5(9)7(12)13)6(10)11-2-3/h1-2,5H,(H,12,13). The number of hydrogen-bond acceptors (Lipinski definition) is 2. The van der Waals surface area contributed by atoms with E-state index in [9.17, 15) is 4.79 Å². The summed E-state index contributed by atoms with van der Waals surface area (Å²) in [6.45, 7) is 0. The fraction of sp³-hybridized carbons (Fsp3) is 0.143. The molecule has 0 amide bonds. The van der Waals surface area contributed by atoms with Crippen molar-refractivity contribution in [1.29, 1.82) is 0 Å². The highest BCUT2D eigenvalue weighted by molar-refractivity contribution is 9.10. The number of nitrogens with zero attached hydrogens (tertiary/aromatic N) is 1. The van der Waals surface area contributed by atoms with Crippen LogP contribution in [0.1, 0.15) is 10.9 Å². The number of carbonyl (C=O) groups is 1. The number of carboxylic acid groups (broad SMARTS) is 1. The summed E-state index contributed by atoms with van der Waals surface area (Å²) in [6.07, 6.45) is 1.47. The number of halogens is 3. The second kappa shape index (κ2) is 4.26. The van der Waals surface area contributed by atoms with Crippen LogP contribution in [-0.2, 0) is 4.79 Å². The van der Waals surface area contributed by atoms with Crippen molar-refractivity contribution < 1.29 is 9.90 Å². The van der Waals surface area contributed by atoms with Gasteiger partial charge in [0.05, 0.1) is 0 Å². The van der Waals surface area contributed by atoms with Crippen LogP contribution in [0.15, 0.2) is 16.7 Å². The quantitative estimate of drug-likeness (QED) is 0.671. The fourth-order valence-electron chi connectivity index (χ4n) is 0.749. The van der Waals surface area contributed by atoms with Crippen LogP contribution in [-0.4, -0.2) is 16.1 Å². The summed E-state index contributed by atoms with van der Waals surface area (Å²) in [5, 5.41) is 7.55. The molecule has 0 saturated carbocycles. The second-order valence-corrected chi connectivity index (χ2v) is 3.94. The number of carboxylic acids is 1. The van der Waals surface area contributed by atoms with E-state index >= 15 is 0 Å². The Kier molecular flexibility index (Phi) is 3.53. The summed E-state index contributed by atoms with van der Waals surface area (Å²) in [5.74, 6) is -1.15. The average Bonchev–Trinajstić information content (AvgIpc) is 2.08. The van der Waals surface area contributed by atoms with Gasteiger partial charge in [0.25, 0.3) is 0 Å². The fourth-order valence-corrected chi connectivity index (χ4v) is 1.53. The van der Waals surface area contributed by atoms with E-state index in [4.69, 9.17) is 28.3 Å². The largest absolute Gasteiger partial charge is 0.480 e. The molecule has 0 aliphatic heterocycles. The number of pyridine rings is 1. The Morgan fingerprint density at radius 1 is 1.69 bits per heavy atom. The van der Waals surface area contributed by atoms with Gasteiger partial charge in [-0.1, -0.05) is 11.6 Å². The molecule has 0 aliphatic rings. The lowest BCUT2D eigenvalue weighted by Gasteiger charge is -2.05. The molecule has 1 atom stereocenters. The van der Waals surface area contributed by atoms with Crippen LogP contribution >= 0.6 is 39.1 Å². The van der Waals surface area contributed by atoms with Crippen LogP contribution in [0, 0.1) is 0 Å². The molecule has 3 nitrogen and oxygen atoms in total. The number of alkyl halides is 1. The highest BCUT2D eigenvalue weighted by Crippen LogP contribution is 2.28. The maximum atomic E-state index is 10.5. The normalized spacial score (nSPS) is 12.5. The van der Waals surface area contributed by atoms with Crippen LogP contribution < -0.4 is 0 Å². The molecule has 1 N–H and O–H groups in total. The van der Waals surface area contributed by atoms with Gasteiger partial charge < -0.3 is 5.11 Å². The van der Waals surface area contributed by atoms with E-state index in [0.29, 0.717) is 4.47 Å². The zero-order valence-electron chi connectivity index (χ0n) is 6.17. The van der Waals surface area contributed by atoms with E-state index in [1.807, 2.05) is 0 Å². The number of aliphatic carboxylic acids is 1. The van der Waals surface area contributed by atoms with Crippen LogP contribution in [0.4, 0.5) is 0 Å². The molecule has 0 aliphatic carbocycles. The van der Waals surface area contributed by atoms with Gasteiger partial charge in [0.1, 0.15) is 5.15 Å². The van der Waals surface area contributed by atoms with Crippen molar-refractivity contribution in [2.24, 2.45) is 0 Å². The molecule has 0 saturated heterocycles. The molecule has 0 aromatic carbocycles. The molecule has 1 unspecified atom stereocenters. The first-order valence-electron chi connectivity index (χ1n) is 3.20. The van der Waals surface area contributed by atoms with Gasteiger partial charge in [0, 0.05) is 16.2 Å². The third kappa shape index (κ3) is 2.56. The van der Waals surface area contributed by atoms with Crippen LogP contribution in [0.3, 0.4) is 0 Å². The lowest BCUT2D eigenvalue weighted by atomic mass is 10.2. The lowest BCUT2D eigenvalue weighted by molar-refractivity contribution is -0.136. The molecule has 1 aromatic rings. The first-order valence-corrected chi connectivity index (χ1v) is 4.81. The molecule has 1 aromatic heterocycles. The Balaban J connectivity index is 3.12. The van der Waals surface area contributed by atoms with Crippen molar-refractivity contribution in [3.8, 4) is 0 Å². The Labute approximate surface area is 92.8 Å². The Morgan fingerprint density at radius 3 is 2.85 bits per heavy atom. The van der Waals surface area contributed by atoms with Crippen molar-refractivity contribution in [3.63, 3.8) is 0 Å². The first kappa shape index (κ1) is 10.8. The van der Waals surface area contributed by atoms with E-state index in [0.717, 1.165) is 0 Å². The third-order valence-electron chi connectivity index (χ3n) is 1.32. The minimum Gasteiger partial charge on any atom is -0.480 e. The molecule has 13 heavy (non-hydrogen) atoms. The monoisotopic (exact) mass is 283 g/mol. The van der Waals surface area contributed by atoms with Gasteiger partial charge in [-0.3, -0.25) is 4.79 Å². The van der Waals surface area contributed by atoms with Crippen LogP contribution in [0.2, 0.25) is 5.15 Å². The molecular weight excluding hydrogens is 281 g/mol. The minimum atomic E-state index is -1.17. The topological polar surface area (TPSA) is 50.2 Å². The highest BCUT2D eigenvalue weighted by Gasteiger charge is 2.20. The predicted molar refractivity (Wildman–Crippen MR) is 53.2 cm³/mol. The molecule has 1 heterocycles. The van der Waals surface area contributed by atoms with E-state index in [1.54, 1.807) is 0 Å². The summed E-state index contributed by atoms with van der Waals surface area (Å²) in [5.41, 5.74) is 0.283. The van der Waals surface area contributed by atoms with Crippen molar-refractivity contribution >= 4 is 45.1 Å². The van der Waals surface area contributed by atoms with Gasteiger partial charge in [-0.05, 0) is 22.0 Å². The maximum absolute atomic E-state index is 10.5. The van der Waals surface area contributed by atoms with Gasteiger partial charge in [0.15, 0.2) is 5.38 Å². The summed E-state index contributed by atoms with van der Waals surface area (Å²) in [7, 11) is 0. The van der Waals surface area contributed by atoms with Gasteiger partial charge in [-0.25, -0.2) is 4.98 Å². The van der Waals surface area contributed by atoms with E-state index in [2.05, 4.69) is 20.9 Å². The summed E-state index contributed by atoms with van der Waals surface area (Å²) in [4.78, 5) is 14.3. The summed E-state index contributed by atoms with van der Waals surface area (Å²) in [6, 6.07) is 1.53. The lowest BCUT2D eigenvalue weighted by Crippen LogP contribution is -2.06. The maximum Gasteiger partial charge on any atom is 0.326 e. The number of aromatic nitrogens is 1. The van der Waals surface area contributed by atoms with Gasteiger partial charge in [0.2, 0.25) is 0 Å². The average molecular weight is 285 g/mol. The smallest absolute Gasteiger partial charge is 0.326 e. The number of rotatable bonds is 2. The van der Waals surface area contributed by atoms with Gasteiger partial charge >= 0.3 is 5.97 Å². The predicted octanol–water partition coefficient (Wildman–Crippen LogP) is 2.86. The van der Waals surface area contributed by atoms with E-state index < -0.39 is 11.3 Å². The van der Waals surface area contributed by atoms with Crippen molar-refractivity contribution in [2.45, 2.75) is 5.38 Å². The summed E-state index contributed by atoms with van der Waals surface area (Å²) < 4.78 is 0.638. The molecule has 0 radical (unpaired) electrons. The van der Waals surface area contributed by atoms with Crippen molar-refractivity contribution in [1.82, 2.24) is 4.98 Å².